The van der Waals surface area contributed by atoms with Crippen LogP contribution in [-0.4, -0.2) is 11.6 Å². The van der Waals surface area contributed by atoms with Crippen LogP contribution in [0.4, 0.5) is 17.1 Å². The van der Waals surface area contributed by atoms with Gasteiger partial charge in [0.2, 0.25) is 0 Å². The largest absolute Gasteiger partial charge is 0.359 e. The molecule has 2 aliphatic carbocycles. The molecular formula is C37H40N2O2. The van der Waals surface area contributed by atoms with E-state index in [2.05, 4.69) is 112 Å². The highest BCUT2D eigenvalue weighted by molar-refractivity contribution is 6.08. The predicted octanol–water partition coefficient (Wildman–Crippen LogP) is 8.94. The highest BCUT2D eigenvalue weighted by Crippen LogP contribution is 2.56. The maximum atomic E-state index is 14.3. The summed E-state index contributed by atoms with van der Waals surface area (Å²) >= 11 is 0. The molecule has 0 fully saturated rings. The van der Waals surface area contributed by atoms with Crippen LogP contribution in [0.1, 0.15) is 76.0 Å². The number of hydrogen-bond acceptors (Lipinski definition) is 4. The fraction of sp³-hybridized carbons (Fsp3) is 0.351. The van der Waals surface area contributed by atoms with E-state index in [4.69, 9.17) is 0 Å². The minimum absolute atomic E-state index is 0.129. The smallest absolute Gasteiger partial charge is 0.162 e. The van der Waals surface area contributed by atoms with Gasteiger partial charge in [-0.05, 0) is 84.5 Å². The van der Waals surface area contributed by atoms with Gasteiger partial charge < -0.3 is 10.2 Å². The van der Waals surface area contributed by atoms with Crippen LogP contribution in [0.5, 0.6) is 0 Å². The summed E-state index contributed by atoms with van der Waals surface area (Å²) in [6.07, 6.45) is 2.44. The molecule has 3 aliphatic rings. The van der Waals surface area contributed by atoms with E-state index in [0.717, 1.165) is 63.6 Å². The van der Waals surface area contributed by atoms with Crippen molar-refractivity contribution in [1.82, 2.24) is 0 Å². The van der Waals surface area contributed by atoms with Gasteiger partial charge in [0, 0.05) is 58.4 Å². The average Bonchev–Trinajstić information content (AvgIpc) is 2.86. The Labute approximate surface area is 244 Å². The number of hydrogen-bond donors (Lipinski definition) is 1. The second-order valence-electron chi connectivity index (χ2n) is 13.8. The van der Waals surface area contributed by atoms with Crippen LogP contribution < -0.4 is 10.2 Å². The molecule has 1 N–H and O–H groups in total. The van der Waals surface area contributed by atoms with Crippen LogP contribution >= 0.6 is 0 Å². The van der Waals surface area contributed by atoms with Gasteiger partial charge in [-0.3, -0.25) is 9.59 Å². The van der Waals surface area contributed by atoms with Gasteiger partial charge >= 0.3 is 0 Å². The van der Waals surface area contributed by atoms with Gasteiger partial charge in [-0.15, -0.1) is 0 Å². The third-order valence-corrected chi connectivity index (χ3v) is 8.73. The third-order valence-electron chi connectivity index (χ3n) is 8.73. The van der Waals surface area contributed by atoms with E-state index in [1.54, 1.807) is 0 Å². The number of benzene rings is 3. The lowest BCUT2D eigenvalue weighted by Crippen LogP contribution is -2.40. The second kappa shape index (κ2) is 9.87. The number of nitrogens with zero attached hydrogens (tertiary/aromatic N) is 1. The van der Waals surface area contributed by atoms with Gasteiger partial charge in [-0.25, -0.2) is 0 Å². The second-order valence-corrected chi connectivity index (χ2v) is 13.8. The Bertz CT molecular complexity index is 1640. The standard InChI is InChI=1S/C37H40N2O2/c1-23-11-9-13-25(17-23)38-28-19-36(3,4)21-31(40)34(28)33-27-15-7-8-16-29(27)39(26-14-10-12-24(2)18-26)30-20-37(5,6)22-32(41)35(30)33/h7-18,33,38H,19-22H2,1-6H3. The van der Waals surface area contributed by atoms with Crippen molar-refractivity contribution in [2.24, 2.45) is 10.8 Å². The first-order chi connectivity index (χ1) is 19.4. The van der Waals surface area contributed by atoms with Crippen molar-refractivity contribution < 1.29 is 9.59 Å². The number of rotatable bonds is 4. The number of allylic oxidation sites excluding steroid dienone is 4. The Morgan fingerprint density at radius 2 is 1.34 bits per heavy atom. The fourth-order valence-corrected chi connectivity index (χ4v) is 7.11. The number of carbonyl (C=O) groups is 2. The summed E-state index contributed by atoms with van der Waals surface area (Å²) in [6, 6.07) is 25.1. The monoisotopic (exact) mass is 544 g/mol. The van der Waals surface area contributed by atoms with Gasteiger partial charge in [-0.1, -0.05) is 70.2 Å². The fourth-order valence-electron chi connectivity index (χ4n) is 7.11. The first-order valence-corrected chi connectivity index (χ1v) is 14.7. The summed E-state index contributed by atoms with van der Waals surface area (Å²) in [6.45, 7) is 12.9. The summed E-state index contributed by atoms with van der Waals surface area (Å²) < 4.78 is 0. The number of nitrogens with one attached hydrogen (secondary N) is 1. The van der Waals surface area contributed by atoms with Crippen LogP contribution in [0.15, 0.2) is 95.3 Å². The quantitative estimate of drug-likeness (QED) is 0.356. The zero-order valence-electron chi connectivity index (χ0n) is 25.1. The Balaban J connectivity index is 1.63. The van der Waals surface area contributed by atoms with Crippen LogP contribution in [0, 0.1) is 24.7 Å². The maximum absolute atomic E-state index is 14.3. The van der Waals surface area contributed by atoms with Crippen LogP contribution in [-0.2, 0) is 9.59 Å². The van der Waals surface area contributed by atoms with Crippen LogP contribution in [0.2, 0.25) is 0 Å². The van der Waals surface area contributed by atoms with Gasteiger partial charge in [-0.2, -0.15) is 0 Å². The lowest BCUT2D eigenvalue weighted by molar-refractivity contribution is -0.118. The summed E-state index contributed by atoms with van der Waals surface area (Å²) in [5.41, 5.74) is 9.57. The zero-order chi connectivity index (χ0) is 29.1. The van der Waals surface area contributed by atoms with Crippen molar-refractivity contribution in [3.8, 4) is 0 Å². The molecule has 0 aromatic heterocycles. The molecule has 0 saturated heterocycles. The molecule has 3 aromatic rings. The third kappa shape index (κ3) is 5.05. The summed E-state index contributed by atoms with van der Waals surface area (Å²) in [5.74, 6) is -0.125. The van der Waals surface area contributed by atoms with Gasteiger partial charge in [0.1, 0.15) is 0 Å². The highest BCUT2D eigenvalue weighted by Gasteiger charge is 2.47. The minimum atomic E-state index is -0.401. The van der Waals surface area contributed by atoms with Crippen LogP contribution in [0.3, 0.4) is 0 Å². The molecule has 4 heteroatoms. The Morgan fingerprint density at radius 1 is 0.707 bits per heavy atom. The van der Waals surface area contributed by atoms with Gasteiger partial charge in [0.05, 0.1) is 0 Å². The van der Waals surface area contributed by atoms with Crippen molar-refractivity contribution >= 4 is 28.6 Å². The zero-order valence-corrected chi connectivity index (χ0v) is 25.1. The molecule has 1 heterocycles. The normalized spacial score (nSPS) is 21.5. The first-order valence-electron chi connectivity index (χ1n) is 14.7. The van der Waals surface area contributed by atoms with E-state index in [0.29, 0.717) is 12.8 Å². The highest BCUT2D eigenvalue weighted by atomic mass is 16.1. The Kier molecular flexibility index (Phi) is 6.56. The lowest BCUT2D eigenvalue weighted by atomic mass is 9.64. The predicted molar refractivity (Wildman–Crippen MR) is 167 cm³/mol. The molecule has 4 nitrogen and oxygen atoms in total. The molecule has 0 radical (unpaired) electrons. The number of aryl methyl sites for hydroxylation is 2. The molecule has 0 bridgehead atoms. The van der Waals surface area contributed by atoms with Crippen molar-refractivity contribution in [3.05, 3.63) is 112 Å². The molecule has 210 valence electrons. The number of Topliss-reactive ketones (excluding diaryl/α,β-unsaturated/α-hetero) is 2. The van der Waals surface area contributed by atoms with E-state index in [9.17, 15) is 9.59 Å². The Hall–Kier alpha value is -3.92. The van der Waals surface area contributed by atoms with E-state index in [1.165, 1.54) is 5.56 Å². The first kappa shape index (κ1) is 27.3. The molecule has 1 unspecified atom stereocenters. The van der Waals surface area contributed by atoms with Crippen molar-refractivity contribution in [2.45, 2.75) is 73.1 Å². The average molecular weight is 545 g/mol. The summed E-state index contributed by atoms with van der Waals surface area (Å²) in [5, 5.41) is 3.67. The van der Waals surface area contributed by atoms with Crippen molar-refractivity contribution in [1.29, 1.82) is 0 Å². The maximum Gasteiger partial charge on any atom is 0.162 e. The van der Waals surface area contributed by atoms with E-state index in [1.807, 2.05) is 12.1 Å². The summed E-state index contributed by atoms with van der Waals surface area (Å²) in [4.78, 5) is 30.8. The van der Waals surface area contributed by atoms with E-state index in [-0.39, 0.29) is 22.4 Å². The lowest BCUT2D eigenvalue weighted by Gasteiger charge is -2.46. The Morgan fingerprint density at radius 3 is 2.05 bits per heavy atom. The number of ketones is 2. The molecule has 1 aliphatic heterocycles. The number of para-hydroxylation sites is 1. The molecule has 41 heavy (non-hydrogen) atoms. The molecule has 0 spiro atoms. The molecule has 6 rings (SSSR count). The summed E-state index contributed by atoms with van der Waals surface area (Å²) in [7, 11) is 0. The van der Waals surface area contributed by atoms with Crippen molar-refractivity contribution in [3.63, 3.8) is 0 Å². The van der Waals surface area contributed by atoms with Crippen molar-refractivity contribution in [2.75, 3.05) is 10.2 Å². The molecule has 0 amide bonds. The number of fused-ring (bicyclic) bond motifs is 1. The SMILES string of the molecule is Cc1cccc(NC2=C(C3C4=C(CC(C)(C)CC4=O)N(c4cccc(C)c4)c4ccccc43)C(=O)CC(C)(C)C2)c1. The number of anilines is 3. The van der Waals surface area contributed by atoms with Crippen LogP contribution in [0.25, 0.3) is 0 Å². The number of carbonyl (C=O) groups excluding carboxylic acids is 2. The van der Waals surface area contributed by atoms with Gasteiger partial charge in [0.25, 0.3) is 0 Å². The molecule has 0 saturated carbocycles. The van der Waals surface area contributed by atoms with E-state index < -0.39 is 5.92 Å². The topological polar surface area (TPSA) is 49.4 Å². The molecular weight excluding hydrogens is 504 g/mol. The van der Waals surface area contributed by atoms with E-state index >= 15 is 0 Å². The minimum Gasteiger partial charge on any atom is -0.359 e. The molecule has 1 atom stereocenters. The van der Waals surface area contributed by atoms with Gasteiger partial charge in [0.15, 0.2) is 11.6 Å². The molecule has 3 aromatic carbocycles.